The molecular formula is C48H57N10O8+. The molecule has 4 aromatic carbocycles. The maximum absolute atomic E-state index is 13.8. The second kappa shape index (κ2) is 19.7. The summed E-state index contributed by atoms with van der Waals surface area (Å²) in [7, 11) is 3.07. The van der Waals surface area contributed by atoms with Gasteiger partial charge in [-0.3, -0.25) is 24.0 Å². The highest BCUT2D eigenvalue weighted by molar-refractivity contribution is 5.92. The molecule has 6 aromatic rings. The van der Waals surface area contributed by atoms with E-state index in [1.165, 1.54) is 7.05 Å². The Morgan fingerprint density at radius 3 is 2.23 bits per heavy atom. The molecule has 0 radical (unpaired) electrons. The van der Waals surface area contributed by atoms with E-state index < -0.39 is 18.0 Å². The zero-order valence-electron chi connectivity index (χ0n) is 38.2. The van der Waals surface area contributed by atoms with Gasteiger partial charge < -0.3 is 40.2 Å². The molecule has 0 aliphatic carbocycles. The van der Waals surface area contributed by atoms with Crippen molar-refractivity contribution in [1.82, 2.24) is 39.7 Å². The molecule has 0 spiro atoms. The van der Waals surface area contributed by atoms with Gasteiger partial charge in [-0.25, -0.2) is 0 Å². The van der Waals surface area contributed by atoms with Crippen molar-refractivity contribution in [3.63, 3.8) is 0 Å². The largest absolute Gasteiger partial charge is 0.507 e. The van der Waals surface area contributed by atoms with Gasteiger partial charge in [0, 0.05) is 62.7 Å². The number of methoxy groups -OCH3 is 1. The Kier molecular flexibility index (Phi) is 13.6. The Morgan fingerprint density at radius 2 is 1.56 bits per heavy atom. The number of rotatable bonds is 15. The van der Waals surface area contributed by atoms with Crippen LogP contribution in [0.5, 0.6) is 23.0 Å². The number of benzene rings is 4. The second-order valence-corrected chi connectivity index (χ2v) is 16.6. The van der Waals surface area contributed by atoms with Crippen molar-refractivity contribution in [3.05, 3.63) is 107 Å². The first-order valence-corrected chi connectivity index (χ1v) is 22.1. The van der Waals surface area contributed by atoms with Gasteiger partial charge in [-0.15, -0.1) is 10.2 Å². The molecule has 2 amide bonds. The molecule has 2 aliphatic rings. The number of primary amides is 1. The third-order valence-electron chi connectivity index (χ3n) is 12.0. The summed E-state index contributed by atoms with van der Waals surface area (Å²) in [6.07, 6.45) is -0.593. The third-order valence-corrected chi connectivity index (χ3v) is 12.0. The summed E-state index contributed by atoms with van der Waals surface area (Å²) < 4.78 is 27.9. The van der Waals surface area contributed by atoms with Crippen molar-refractivity contribution in [3.8, 4) is 57.1 Å². The number of hydrogen-bond acceptors (Lipinski definition) is 13. The number of nitrogens with zero attached hydrogens (tertiary/aromatic N) is 8. The lowest BCUT2D eigenvalue weighted by Gasteiger charge is -2.32. The number of carbonyl (C=O) groups excluding carboxylic acids is 2. The number of aryl methyl sites for hydroxylation is 1. The molecule has 2 aliphatic heterocycles. The van der Waals surface area contributed by atoms with Gasteiger partial charge >= 0.3 is 17.6 Å². The molecule has 66 heavy (non-hydrogen) atoms. The van der Waals surface area contributed by atoms with Crippen molar-refractivity contribution in [2.24, 2.45) is 5.73 Å². The molecule has 5 N–H and O–H groups in total. The fraction of sp³-hybridized carbons (Fsp3) is 0.375. The summed E-state index contributed by atoms with van der Waals surface area (Å²) in [6.45, 7) is 13.6. The normalized spacial score (nSPS) is 15.8. The molecule has 1 unspecified atom stereocenters. The summed E-state index contributed by atoms with van der Waals surface area (Å²) in [5.41, 5.74) is 11.9. The zero-order valence-corrected chi connectivity index (χ0v) is 38.2. The maximum Gasteiger partial charge on any atom is 0.333 e. The topological polar surface area (TPSA) is 208 Å². The summed E-state index contributed by atoms with van der Waals surface area (Å²) in [5, 5.41) is 39.1. The van der Waals surface area contributed by atoms with Crippen LogP contribution in [0.3, 0.4) is 0 Å². The average molecular weight is 902 g/mol. The van der Waals surface area contributed by atoms with Gasteiger partial charge in [-0.1, -0.05) is 42.8 Å². The summed E-state index contributed by atoms with van der Waals surface area (Å²) in [6, 6.07) is 22.2. The highest BCUT2D eigenvalue weighted by Gasteiger charge is 2.41. The van der Waals surface area contributed by atoms with Gasteiger partial charge in [-0.2, -0.15) is 4.57 Å². The Bertz CT molecular complexity index is 2710. The quantitative estimate of drug-likeness (QED) is 0.104. The number of ether oxygens (including phenoxy) is 4. The number of aromatic nitrogens is 6. The molecule has 0 bridgehead atoms. The highest BCUT2D eigenvalue weighted by atomic mass is 16.5. The predicted molar refractivity (Wildman–Crippen MR) is 244 cm³/mol. The van der Waals surface area contributed by atoms with E-state index in [1.54, 1.807) is 39.1 Å². The van der Waals surface area contributed by atoms with Crippen LogP contribution in [0.2, 0.25) is 0 Å². The minimum absolute atomic E-state index is 0.0390. The summed E-state index contributed by atoms with van der Waals surface area (Å²) >= 11 is 0. The van der Waals surface area contributed by atoms with Crippen LogP contribution in [0.25, 0.3) is 34.2 Å². The fourth-order valence-electron chi connectivity index (χ4n) is 8.56. The van der Waals surface area contributed by atoms with Crippen molar-refractivity contribution >= 4 is 11.8 Å². The monoisotopic (exact) mass is 901 g/mol. The lowest BCUT2D eigenvalue weighted by atomic mass is 9.98. The lowest BCUT2D eigenvalue weighted by molar-refractivity contribution is -0.587. The minimum Gasteiger partial charge on any atom is -0.507 e. The number of aromatic hydroxyl groups is 2. The van der Waals surface area contributed by atoms with Gasteiger partial charge in [0.1, 0.15) is 28.7 Å². The molecule has 0 saturated carbocycles. The van der Waals surface area contributed by atoms with Gasteiger partial charge in [0.2, 0.25) is 5.82 Å². The van der Waals surface area contributed by atoms with E-state index in [2.05, 4.69) is 25.3 Å². The van der Waals surface area contributed by atoms with Crippen molar-refractivity contribution in [1.29, 1.82) is 0 Å². The first kappa shape index (κ1) is 45.7. The number of nitrogens with two attached hydrogens (primary N) is 1. The Labute approximate surface area is 383 Å². The minimum atomic E-state index is -0.719. The zero-order chi connectivity index (χ0) is 46.6. The molecule has 1 atom stereocenters. The van der Waals surface area contributed by atoms with Crippen LogP contribution in [-0.4, -0.2) is 123 Å². The van der Waals surface area contributed by atoms with E-state index in [-0.39, 0.29) is 41.5 Å². The number of phenols is 2. The summed E-state index contributed by atoms with van der Waals surface area (Å²) in [5.74, 6) is 0.542. The first-order valence-electron chi connectivity index (χ1n) is 22.1. The molecule has 18 nitrogen and oxygen atoms in total. The van der Waals surface area contributed by atoms with Gasteiger partial charge in [0.05, 0.1) is 51.3 Å². The van der Waals surface area contributed by atoms with E-state index in [1.807, 2.05) is 82.3 Å². The molecule has 8 rings (SSSR count). The summed E-state index contributed by atoms with van der Waals surface area (Å²) in [4.78, 5) is 31.4. The molecule has 18 heteroatoms. The smallest absolute Gasteiger partial charge is 0.333 e. The maximum atomic E-state index is 13.8. The average Bonchev–Trinajstić information content (AvgIpc) is 3.94. The molecule has 4 heterocycles. The number of nitrogens with one attached hydrogen (secondary N) is 1. The number of morpholine rings is 2. The highest BCUT2D eigenvalue weighted by Crippen LogP contribution is 2.39. The van der Waals surface area contributed by atoms with Gasteiger partial charge in [-0.05, 0) is 78.4 Å². The lowest BCUT2D eigenvalue weighted by Crippen LogP contribution is -2.47. The number of hydrogen-bond donors (Lipinski definition) is 4. The van der Waals surface area contributed by atoms with Crippen LogP contribution in [0, 0.1) is 6.92 Å². The third kappa shape index (κ3) is 9.17. The van der Waals surface area contributed by atoms with Crippen LogP contribution in [-0.2, 0) is 22.6 Å². The van der Waals surface area contributed by atoms with Crippen molar-refractivity contribution in [2.45, 2.75) is 52.9 Å². The Morgan fingerprint density at radius 1 is 0.894 bits per heavy atom. The number of amides is 2. The van der Waals surface area contributed by atoms with Crippen LogP contribution < -0.4 is 25.1 Å². The number of phenolic OH excluding ortho intramolecular Hbond substituents is 2. The Balaban J connectivity index is 1.17. The predicted octanol–water partition coefficient (Wildman–Crippen LogP) is 4.65. The van der Waals surface area contributed by atoms with E-state index in [0.717, 1.165) is 41.9 Å². The molecular weight excluding hydrogens is 845 g/mol. The van der Waals surface area contributed by atoms with Gasteiger partial charge in [0.15, 0.2) is 12.0 Å². The van der Waals surface area contributed by atoms with E-state index >= 15 is 0 Å². The number of carbonyl (C=O) groups is 2. The van der Waals surface area contributed by atoms with Crippen LogP contribution in [0.4, 0.5) is 0 Å². The first-order chi connectivity index (χ1) is 31.9. The SMILES string of the molecule is CCOc1cc(O)c(-c2nn(C3COCCN3Cc3ccc(-n4c(C(=O)NC)nnc4-c4cc(C(C)C)c(OC)cc4O)cc3)c(C(N)=O)[n+]2-c2ccc(CN3CCOCC3)cc2)cc1C. The molecule has 2 saturated heterocycles. The molecule has 346 valence electrons. The second-order valence-electron chi connectivity index (χ2n) is 16.6. The van der Waals surface area contributed by atoms with Crippen molar-refractivity contribution < 1.29 is 43.3 Å². The van der Waals surface area contributed by atoms with Crippen molar-refractivity contribution in [2.75, 3.05) is 66.8 Å². The van der Waals surface area contributed by atoms with Gasteiger partial charge in [0.25, 0.3) is 5.91 Å². The molecule has 2 aromatic heterocycles. The van der Waals surface area contributed by atoms with E-state index in [4.69, 9.17) is 29.8 Å². The Hall–Kier alpha value is -6.86. The van der Waals surface area contributed by atoms with Crippen LogP contribution >= 0.6 is 0 Å². The van der Waals surface area contributed by atoms with Crippen LogP contribution in [0.1, 0.15) is 76.3 Å². The molecule has 2 fully saturated rings. The van der Waals surface area contributed by atoms with Crippen LogP contribution in [0.15, 0.2) is 72.8 Å². The standard InChI is InChI=1S/C48H56N10O8/c1-7-66-40-24-38(59)36(22-30(40)4)45-53-58(48(43(49)61)57(45)34-14-8-31(9-15-34)26-54-16-19-64-20-17-54)42-28-65-21-18-55(42)27-32-10-12-33(13-11-32)56-44(51-52-46(56)47(62)50-5)37-23-35(29(2)3)41(63-6)25-39(37)60/h8-15,22-25,29,42H,7,16-21,26-28H2,1-6H3,(H4-,49,50,51,53,59,60,61,62)/p+1. The van der Waals surface area contributed by atoms with E-state index in [0.29, 0.717) is 79.3 Å². The van der Waals surface area contributed by atoms with E-state index in [9.17, 15) is 19.8 Å². The fourth-order valence-corrected chi connectivity index (χ4v) is 8.56.